The summed E-state index contributed by atoms with van der Waals surface area (Å²) in [7, 11) is -13.3. The smallest absolute Gasteiger partial charge is 0.296 e. The summed E-state index contributed by atoms with van der Waals surface area (Å²) in [6, 6.07) is 23.9. The number of nitrogen functional groups attached to an aromatic ring is 1. The second kappa shape index (κ2) is 21.9. The number of para-hydroxylation sites is 2. The molecule has 75 heavy (non-hydrogen) atoms. The fourth-order valence-corrected chi connectivity index (χ4v) is 13.3. The number of aromatic nitrogens is 1. The van der Waals surface area contributed by atoms with E-state index in [1.165, 1.54) is 33.5 Å². The highest BCUT2D eigenvalue weighted by molar-refractivity contribution is 7.89. The third-order valence-electron chi connectivity index (χ3n) is 13.5. The van der Waals surface area contributed by atoms with Gasteiger partial charge in [0, 0.05) is 91.9 Å². The van der Waals surface area contributed by atoms with Gasteiger partial charge in [-0.1, -0.05) is 47.1 Å². The first-order valence-corrected chi connectivity index (χ1v) is 28.6. The van der Waals surface area contributed by atoms with Gasteiger partial charge in [-0.25, -0.2) is 21.1 Å². The summed E-state index contributed by atoms with van der Waals surface area (Å²) >= 11 is 0. The summed E-state index contributed by atoms with van der Waals surface area (Å²) in [6.07, 6.45) is 1.41. The summed E-state index contributed by atoms with van der Waals surface area (Å²) in [5.74, 6) is -3.65. The van der Waals surface area contributed by atoms with Gasteiger partial charge in [0.15, 0.2) is 6.54 Å². The standard InChI is InChI=1S/C51H53N9O12S3/c1-33-17-19-36(20-18-33)74(68,69)60(23-9-12-35(61)11-7-8-21-54-55-53)51(65)47-37-13-3-5-15-42(37)58(43-16-6-4-14-38(43)47)22-10-28-73(66,67)57-26-24-56(25-27-57)45(62)32-59-49(63)40-30-34(2)29-39-46(40)41(50(59)64)31-44(48(39)52)75(70,71)72/h3-6,13-20,29-31H,7-12,21-28,32H2,1-2H3,(H2-,52,63,64,70,71,72)/p+1. The lowest BCUT2D eigenvalue weighted by Gasteiger charge is -2.35. The quantitative estimate of drug-likeness (QED) is 0.0107. The number of imide groups is 1. The second-order valence-corrected chi connectivity index (χ2v) is 23.8. The maximum atomic E-state index is 15.0. The van der Waals surface area contributed by atoms with E-state index in [0.717, 1.165) is 15.9 Å². The number of ketones is 1. The van der Waals surface area contributed by atoms with E-state index in [4.69, 9.17) is 11.3 Å². The lowest BCUT2D eigenvalue weighted by atomic mass is 9.91. The first kappa shape index (κ1) is 53.9. The third kappa shape index (κ3) is 11.1. The molecule has 1 aromatic heterocycles. The molecule has 4 amide bonds. The number of carbonyl (C=O) groups excluding carboxylic acids is 5. The maximum absolute atomic E-state index is 15.0. The van der Waals surface area contributed by atoms with Gasteiger partial charge in [0.05, 0.1) is 38.2 Å². The number of amides is 4. The van der Waals surface area contributed by atoms with E-state index in [2.05, 4.69) is 10.0 Å². The Bertz CT molecular complexity index is 3670. The van der Waals surface area contributed by atoms with Gasteiger partial charge in [0.1, 0.15) is 17.2 Å². The van der Waals surface area contributed by atoms with Crippen molar-refractivity contribution in [1.29, 1.82) is 0 Å². The summed E-state index contributed by atoms with van der Waals surface area (Å²) < 4.78 is 95.0. The molecule has 2 aliphatic rings. The molecular formula is C51H54N9O12S3+. The lowest BCUT2D eigenvalue weighted by Crippen LogP contribution is -2.54. The molecule has 0 radical (unpaired) electrons. The number of hydrogen-bond acceptors (Lipinski definition) is 13. The number of hydrogen-bond donors (Lipinski definition) is 2. The monoisotopic (exact) mass is 1080 g/mol. The largest absolute Gasteiger partial charge is 0.397 e. The molecule has 3 N–H and O–H groups in total. The van der Waals surface area contributed by atoms with Crippen LogP contribution in [0.1, 0.15) is 80.7 Å². The molecule has 3 heterocycles. The number of carbonyl (C=O) groups is 5. The Hall–Kier alpha value is -7.34. The number of unbranched alkanes of at least 4 members (excludes halogenated alkanes) is 1. The van der Waals surface area contributed by atoms with Crippen molar-refractivity contribution in [2.75, 3.05) is 57.3 Å². The van der Waals surface area contributed by atoms with Crippen LogP contribution < -0.4 is 10.3 Å². The minimum absolute atomic E-state index is 0.0151. The first-order valence-electron chi connectivity index (χ1n) is 24.1. The number of fused-ring (bicyclic) bond motifs is 2. The molecule has 21 nitrogen and oxygen atoms in total. The Morgan fingerprint density at radius 1 is 0.760 bits per heavy atom. The van der Waals surface area contributed by atoms with Crippen LogP contribution in [0, 0.1) is 13.8 Å². The SMILES string of the molecule is Cc1ccc(S(=O)(=O)N(CCCC(=O)CCCCN=[N+]=[N-])C(=O)c2c3ccccc3[n+](CCCS(=O)(=O)N3CCN(C(=O)CN4C(=O)c5cc(C)cc6c(N)c(S(=O)(=O)O)cc(c56)C4=O)CC3)c3ccccc23)cc1. The van der Waals surface area contributed by atoms with E-state index in [1.807, 2.05) is 4.57 Å². The molecule has 1 fully saturated rings. The van der Waals surface area contributed by atoms with Crippen molar-refractivity contribution in [2.45, 2.75) is 68.7 Å². The van der Waals surface area contributed by atoms with E-state index in [1.54, 1.807) is 74.5 Å². The number of nitrogens with zero attached hydrogens (tertiary/aromatic N) is 8. The molecule has 0 saturated carbocycles. The van der Waals surface area contributed by atoms with Crippen LogP contribution in [0.3, 0.4) is 0 Å². The number of rotatable bonds is 20. The van der Waals surface area contributed by atoms with E-state index in [0.29, 0.717) is 45.1 Å². The molecule has 8 rings (SSSR count). The second-order valence-electron chi connectivity index (χ2n) is 18.5. The third-order valence-corrected chi connectivity index (χ3v) is 18.1. The minimum atomic E-state index is -4.89. The molecule has 6 aromatic rings. The first-order chi connectivity index (χ1) is 35.6. The Morgan fingerprint density at radius 3 is 1.97 bits per heavy atom. The summed E-state index contributed by atoms with van der Waals surface area (Å²) in [4.78, 5) is 73.0. The molecule has 392 valence electrons. The summed E-state index contributed by atoms with van der Waals surface area (Å²) in [5.41, 5.74) is 16.6. The van der Waals surface area contributed by atoms with Gasteiger partial charge in [-0.15, -0.1) is 0 Å². The molecule has 5 aromatic carbocycles. The highest BCUT2D eigenvalue weighted by Crippen LogP contribution is 2.38. The van der Waals surface area contributed by atoms with Crippen molar-refractivity contribution in [3.63, 3.8) is 0 Å². The van der Waals surface area contributed by atoms with Crippen molar-refractivity contribution in [3.05, 3.63) is 129 Å². The van der Waals surface area contributed by atoms with Gasteiger partial charge >= 0.3 is 0 Å². The van der Waals surface area contributed by atoms with Crippen LogP contribution in [0.2, 0.25) is 0 Å². The van der Waals surface area contributed by atoms with Crippen molar-refractivity contribution < 1.29 is 58.3 Å². The molecule has 0 unspecified atom stereocenters. The van der Waals surface area contributed by atoms with E-state index < -0.39 is 65.2 Å². The zero-order valence-electron chi connectivity index (χ0n) is 41.1. The predicted molar refractivity (Wildman–Crippen MR) is 278 cm³/mol. The zero-order chi connectivity index (χ0) is 54.0. The topological polar surface area (TPSA) is 300 Å². The summed E-state index contributed by atoms with van der Waals surface area (Å²) in [5, 5.41) is 4.49. The van der Waals surface area contributed by atoms with Gasteiger partial charge in [0.25, 0.3) is 37.9 Å². The fraction of sp³-hybridized carbons (Fsp3) is 0.333. The number of aryl methyl sites for hydroxylation is 3. The molecule has 24 heteroatoms. The molecule has 0 bridgehead atoms. The van der Waals surface area contributed by atoms with Crippen molar-refractivity contribution >= 4 is 97.8 Å². The van der Waals surface area contributed by atoms with Gasteiger partial charge in [0.2, 0.25) is 27.0 Å². The maximum Gasteiger partial charge on any atom is 0.296 e. The molecule has 2 aliphatic heterocycles. The summed E-state index contributed by atoms with van der Waals surface area (Å²) in [6.45, 7) is 2.55. The van der Waals surface area contributed by atoms with Crippen LogP contribution in [-0.4, -0.2) is 129 Å². The number of benzene rings is 5. The molecule has 0 spiro atoms. The number of sulfonamides is 2. The van der Waals surface area contributed by atoms with Gasteiger partial charge in [-0.05, 0) is 86.7 Å². The van der Waals surface area contributed by atoms with E-state index >= 15 is 4.79 Å². The zero-order valence-corrected chi connectivity index (χ0v) is 43.5. The molecular weight excluding hydrogens is 1030 g/mol. The van der Waals surface area contributed by atoms with Crippen molar-refractivity contribution in [1.82, 2.24) is 18.4 Å². The van der Waals surface area contributed by atoms with Gasteiger partial charge < -0.3 is 10.6 Å². The van der Waals surface area contributed by atoms with Gasteiger partial charge in [-0.3, -0.25) is 33.4 Å². The number of nitrogens with two attached hydrogens (primary N) is 1. The Balaban J connectivity index is 0.968. The van der Waals surface area contributed by atoms with Gasteiger partial charge in [-0.2, -0.15) is 17.3 Å². The van der Waals surface area contributed by atoms with Crippen LogP contribution in [0.4, 0.5) is 5.69 Å². The average Bonchev–Trinajstić information content (AvgIpc) is 3.37. The fourth-order valence-electron chi connectivity index (χ4n) is 9.74. The number of anilines is 1. The normalized spacial score (nSPS) is 14.4. The van der Waals surface area contributed by atoms with Crippen LogP contribution in [0.5, 0.6) is 0 Å². The van der Waals surface area contributed by atoms with E-state index in [9.17, 15) is 49.0 Å². The number of Topliss-reactive ketones (excluding diaryl/α,β-unsaturated/α-hetero) is 1. The van der Waals surface area contributed by atoms with Crippen LogP contribution in [-0.2, 0) is 46.3 Å². The number of azide groups is 1. The average molecular weight is 1080 g/mol. The van der Waals surface area contributed by atoms with Crippen LogP contribution in [0.25, 0.3) is 43.0 Å². The predicted octanol–water partition coefficient (Wildman–Crippen LogP) is 5.70. The Labute approximate surface area is 433 Å². The van der Waals surface area contributed by atoms with Crippen LogP contribution >= 0.6 is 0 Å². The Morgan fingerprint density at radius 2 is 1.36 bits per heavy atom. The lowest BCUT2D eigenvalue weighted by molar-refractivity contribution is -0.645. The van der Waals surface area contributed by atoms with Crippen LogP contribution in [0.15, 0.2) is 106 Å². The highest BCUT2D eigenvalue weighted by Gasteiger charge is 2.39. The van der Waals surface area contributed by atoms with Crippen molar-refractivity contribution in [2.24, 2.45) is 5.11 Å². The van der Waals surface area contributed by atoms with Crippen molar-refractivity contribution in [3.8, 4) is 0 Å². The van der Waals surface area contributed by atoms with E-state index in [-0.39, 0.29) is 121 Å². The highest BCUT2D eigenvalue weighted by atomic mass is 32.2. The minimum Gasteiger partial charge on any atom is -0.397 e. The number of pyridine rings is 1. The molecule has 0 atom stereocenters. The molecule has 1 saturated heterocycles. The number of piperazine rings is 1. The Kier molecular flexibility index (Phi) is 15.7. The molecule has 0 aliphatic carbocycles.